The van der Waals surface area contributed by atoms with Gasteiger partial charge in [0.15, 0.2) is 0 Å². The molecule has 1 nitrogen and oxygen atoms in total. The van der Waals surface area contributed by atoms with Crippen molar-refractivity contribution < 1.29 is 0 Å². The fraction of sp³-hybridized carbons (Fsp3) is 0.727. The van der Waals surface area contributed by atoms with Crippen molar-refractivity contribution in [3.05, 3.63) is 16.6 Å². The van der Waals surface area contributed by atoms with E-state index in [0.29, 0.717) is 11.8 Å². The first-order valence-corrected chi connectivity index (χ1v) is 5.89. The lowest BCUT2D eigenvalue weighted by Crippen LogP contribution is -1.92. The fourth-order valence-corrected chi connectivity index (χ4v) is 2.22. The molecule has 1 aromatic rings. The Hall–Kier alpha value is -0.370. The van der Waals surface area contributed by atoms with Gasteiger partial charge in [0.1, 0.15) is 0 Å². The summed E-state index contributed by atoms with van der Waals surface area (Å²) >= 11 is 1.66. The van der Waals surface area contributed by atoms with Crippen LogP contribution in [0.4, 0.5) is 0 Å². The van der Waals surface area contributed by atoms with E-state index >= 15 is 0 Å². The molecule has 0 amide bonds. The lowest BCUT2D eigenvalue weighted by atomic mass is 10.0. The summed E-state index contributed by atoms with van der Waals surface area (Å²) in [5, 5.41) is 0. The number of hydrogen-bond donors (Lipinski definition) is 0. The van der Waals surface area contributed by atoms with Crippen LogP contribution in [-0.2, 0) is 0 Å². The SMILES string of the molecule is CCCC(C)c1cc(C(C)C)sn1. The van der Waals surface area contributed by atoms with Crippen LogP contribution in [0.5, 0.6) is 0 Å². The van der Waals surface area contributed by atoms with Crippen molar-refractivity contribution in [3.63, 3.8) is 0 Å². The van der Waals surface area contributed by atoms with Crippen LogP contribution in [0.15, 0.2) is 6.07 Å². The summed E-state index contributed by atoms with van der Waals surface area (Å²) in [7, 11) is 0. The Labute approximate surface area is 85.4 Å². The Kier molecular flexibility index (Phi) is 3.91. The average molecular weight is 197 g/mol. The van der Waals surface area contributed by atoms with Crippen molar-refractivity contribution in [1.82, 2.24) is 4.37 Å². The van der Waals surface area contributed by atoms with Gasteiger partial charge in [-0.05, 0) is 35.9 Å². The molecule has 0 aliphatic carbocycles. The van der Waals surface area contributed by atoms with Gasteiger partial charge in [-0.2, -0.15) is 4.37 Å². The van der Waals surface area contributed by atoms with E-state index in [2.05, 4.69) is 38.1 Å². The maximum Gasteiger partial charge on any atom is 0.0573 e. The van der Waals surface area contributed by atoms with Crippen LogP contribution in [0, 0.1) is 0 Å². The lowest BCUT2D eigenvalue weighted by Gasteiger charge is -2.04. The van der Waals surface area contributed by atoms with Crippen LogP contribution in [-0.4, -0.2) is 4.37 Å². The fourth-order valence-electron chi connectivity index (χ4n) is 1.39. The molecule has 13 heavy (non-hydrogen) atoms. The molecule has 0 N–H and O–H groups in total. The Bertz CT molecular complexity index is 252. The van der Waals surface area contributed by atoms with E-state index in [1.165, 1.54) is 23.4 Å². The van der Waals surface area contributed by atoms with E-state index in [1.54, 1.807) is 11.5 Å². The largest absolute Gasteiger partial charge is 0.197 e. The number of aromatic nitrogens is 1. The summed E-state index contributed by atoms with van der Waals surface area (Å²) < 4.78 is 4.50. The molecule has 0 spiro atoms. The second-order valence-electron chi connectivity index (χ2n) is 4.00. The summed E-state index contributed by atoms with van der Waals surface area (Å²) in [6.07, 6.45) is 2.50. The summed E-state index contributed by atoms with van der Waals surface area (Å²) in [4.78, 5) is 1.41. The van der Waals surface area contributed by atoms with Crippen LogP contribution < -0.4 is 0 Å². The van der Waals surface area contributed by atoms with Crippen LogP contribution in [0.1, 0.15) is 62.9 Å². The highest BCUT2D eigenvalue weighted by molar-refractivity contribution is 7.05. The molecular weight excluding hydrogens is 178 g/mol. The van der Waals surface area contributed by atoms with Gasteiger partial charge in [-0.1, -0.05) is 34.1 Å². The van der Waals surface area contributed by atoms with Crippen molar-refractivity contribution in [2.45, 2.75) is 52.4 Å². The minimum absolute atomic E-state index is 0.625. The Balaban J connectivity index is 2.67. The maximum atomic E-state index is 4.50. The maximum absolute atomic E-state index is 4.50. The molecule has 0 aliphatic heterocycles. The third-order valence-corrected chi connectivity index (χ3v) is 3.44. The monoisotopic (exact) mass is 197 g/mol. The summed E-state index contributed by atoms with van der Waals surface area (Å²) in [6, 6.07) is 2.27. The molecule has 1 unspecified atom stereocenters. The topological polar surface area (TPSA) is 12.9 Å². The number of rotatable bonds is 4. The second kappa shape index (κ2) is 4.75. The van der Waals surface area contributed by atoms with E-state index in [1.807, 2.05) is 0 Å². The Morgan fingerprint density at radius 3 is 2.54 bits per heavy atom. The van der Waals surface area contributed by atoms with Crippen molar-refractivity contribution >= 4 is 11.5 Å². The zero-order valence-electron chi connectivity index (χ0n) is 9.00. The molecular formula is C11H19NS. The van der Waals surface area contributed by atoms with Crippen molar-refractivity contribution in [2.24, 2.45) is 0 Å². The standard InChI is InChI=1S/C11H19NS/c1-5-6-9(4)10-7-11(8(2)3)13-12-10/h7-9H,5-6H2,1-4H3. The summed E-state index contributed by atoms with van der Waals surface area (Å²) in [5.74, 6) is 1.26. The highest BCUT2D eigenvalue weighted by atomic mass is 32.1. The van der Waals surface area contributed by atoms with Crippen molar-refractivity contribution in [1.29, 1.82) is 0 Å². The van der Waals surface area contributed by atoms with E-state index in [0.717, 1.165) is 0 Å². The normalized spacial score (nSPS) is 13.6. The molecule has 2 heteroatoms. The smallest absolute Gasteiger partial charge is 0.0573 e. The van der Waals surface area contributed by atoms with Gasteiger partial charge in [0, 0.05) is 4.88 Å². The summed E-state index contributed by atoms with van der Waals surface area (Å²) in [6.45, 7) is 8.94. The van der Waals surface area contributed by atoms with Gasteiger partial charge in [-0.25, -0.2) is 0 Å². The van der Waals surface area contributed by atoms with Crippen molar-refractivity contribution in [3.8, 4) is 0 Å². The molecule has 1 heterocycles. The van der Waals surface area contributed by atoms with Crippen molar-refractivity contribution in [2.75, 3.05) is 0 Å². The second-order valence-corrected chi connectivity index (χ2v) is 4.84. The van der Waals surface area contributed by atoms with Gasteiger partial charge < -0.3 is 0 Å². The highest BCUT2D eigenvalue weighted by Crippen LogP contribution is 2.26. The van der Waals surface area contributed by atoms with E-state index in [9.17, 15) is 0 Å². The molecule has 1 rings (SSSR count). The predicted molar refractivity (Wildman–Crippen MR) is 59.5 cm³/mol. The minimum atomic E-state index is 0.625. The first-order valence-electron chi connectivity index (χ1n) is 5.11. The summed E-state index contributed by atoms with van der Waals surface area (Å²) in [5.41, 5.74) is 1.29. The van der Waals surface area contributed by atoms with Crippen LogP contribution in [0.2, 0.25) is 0 Å². The zero-order chi connectivity index (χ0) is 9.84. The molecule has 0 fully saturated rings. The van der Waals surface area contributed by atoms with Gasteiger partial charge in [0.05, 0.1) is 5.69 Å². The van der Waals surface area contributed by atoms with Crippen LogP contribution in [0.3, 0.4) is 0 Å². The van der Waals surface area contributed by atoms with E-state index in [4.69, 9.17) is 0 Å². The molecule has 1 atom stereocenters. The number of hydrogen-bond acceptors (Lipinski definition) is 2. The van der Waals surface area contributed by atoms with Gasteiger partial charge in [0.25, 0.3) is 0 Å². The van der Waals surface area contributed by atoms with Gasteiger partial charge in [-0.3, -0.25) is 0 Å². The highest BCUT2D eigenvalue weighted by Gasteiger charge is 2.10. The average Bonchev–Trinajstić information content (AvgIpc) is 2.52. The van der Waals surface area contributed by atoms with Gasteiger partial charge in [0.2, 0.25) is 0 Å². The van der Waals surface area contributed by atoms with Crippen LogP contribution >= 0.6 is 11.5 Å². The van der Waals surface area contributed by atoms with E-state index < -0.39 is 0 Å². The van der Waals surface area contributed by atoms with Gasteiger partial charge >= 0.3 is 0 Å². The molecule has 0 radical (unpaired) electrons. The Morgan fingerprint density at radius 2 is 2.08 bits per heavy atom. The molecule has 1 aromatic heterocycles. The minimum Gasteiger partial charge on any atom is -0.197 e. The first-order chi connectivity index (χ1) is 6.15. The Morgan fingerprint density at radius 1 is 1.38 bits per heavy atom. The van der Waals surface area contributed by atoms with Gasteiger partial charge in [-0.15, -0.1) is 0 Å². The molecule has 0 bridgehead atoms. The lowest BCUT2D eigenvalue weighted by molar-refractivity contribution is 0.653. The molecule has 0 aliphatic rings. The zero-order valence-corrected chi connectivity index (χ0v) is 9.82. The van der Waals surface area contributed by atoms with E-state index in [-0.39, 0.29) is 0 Å². The quantitative estimate of drug-likeness (QED) is 0.706. The number of nitrogens with zero attached hydrogens (tertiary/aromatic N) is 1. The van der Waals surface area contributed by atoms with Crippen LogP contribution in [0.25, 0.3) is 0 Å². The first kappa shape index (κ1) is 10.7. The molecule has 0 saturated carbocycles. The third kappa shape index (κ3) is 2.80. The third-order valence-electron chi connectivity index (χ3n) is 2.34. The molecule has 0 saturated heterocycles. The molecule has 74 valence electrons. The predicted octanol–water partition coefficient (Wildman–Crippen LogP) is 4.17. The molecule has 0 aromatic carbocycles.